The molecule has 1 spiro atoms. The largest absolute Gasteiger partial charge is 0.455 e. The van der Waals surface area contributed by atoms with E-state index in [0.29, 0.717) is 35.6 Å². The van der Waals surface area contributed by atoms with Crippen molar-refractivity contribution in [3.05, 3.63) is 42.5 Å². The van der Waals surface area contributed by atoms with Crippen molar-refractivity contribution in [3.8, 4) is 11.3 Å². The van der Waals surface area contributed by atoms with Crippen LogP contribution in [0.4, 0.5) is 10.2 Å². The molecular formula is C19H20FN5O. The van der Waals surface area contributed by atoms with E-state index in [1.807, 2.05) is 6.07 Å². The van der Waals surface area contributed by atoms with Crippen LogP contribution in [0.2, 0.25) is 0 Å². The van der Waals surface area contributed by atoms with Gasteiger partial charge in [-0.2, -0.15) is 0 Å². The highest BCUT2D eigenvalue weighted by Crippen LogP contribution is 2.40. The Bertz CT molecular complexity index is 865. The van der Waals surface area contributed by atoms with Crippen molar-refractivity contribution in [1.82, 2.24) is 14.9 Å². The van der Waals surface area contributed by atoms with Crippen molar-refractivity contribution < 1.29 is 9.13 Å². The minimum absolute atomic E-state index is 0.183. The zero-order valence-corrected chi connectivity index (χ0v) is 14.4. The lowest BCUT2D eigenvalue weighted by atomic mass is 9.75. The number of nitrogens with one attached hydrogen (secondary N) is 1. The second kappa shape index (κ2) is 6.02. The predicted molar refractivity (Wildman–Crippen MR) is 96.3 cm³/mol. The summed E-state index contributed by atoms with van der Waals surface area (Å²) in [6, 6.07) is 8.66. The molecule has 2 aromatic rings. The maximum Gasteiger partial charge on any atom is 0.291 e. The first-order chi connectivity index (χ1) is 12.7. The average molecular weight is 353 g/mol. The number of anilines is 1. The lowest BCUT2D eigenvalue weighted by Crippen LogP contribution is -2.61. The monoisotopic (exact) mass is 353 g/mol. The van der Waals surface area contributed by atoms with Crippen molar-refractivity contribution in [2.24, 2.45) is 10.9 Å². The maximum atomic E-state index is 13.5. The first kappa shape index (κ1) is 15.7. The number of ether oxygens (including phenoxy) is 1. The molecule has 1 aromatic carbocycles. The van der Waals surface area contributed by atoms with Gasteiger partial charge in [-0.15, -0.1) is 0 Å². The Morgan fingerprint density at radius 3 is 2.85 bits per heavy atom. The van der Waals surface area contributed by atoms with Crippen molar-refractivity contribution >= 4 is 11.8 Å². The molecule has 4 aliphatic rings. The summed E-state index contributed by atoms with van der Waals surface area (Å²) in [6.07, 6.45) is 3.82. The van der Waals surface area contributed by atoms with Gasteiger partial charge in [-0.05, 0) is 38.1 Å². The van der Waals surface area contributed by atoms with Gasteiger partial charge >= 0.3 is 0 Å². The van der Waals surface area contributed by atoms with Crippen molar-refractivity contribution in [3.63, 3.8) is 0 Å². The van der Waals surface area contributed by atoms with E-state index in [1.54, 1.807) is 12.1 Å². The minimum Gasteiger partial charge on any atom is -0.455 e. The molecule has 0 radical (unpaired) electrons. The first-order valence-electron chi connectivity index (χ1n) is 9.01. The van der Waals surface area contributed by atoms with E-state index >= 15 is 0 Å². The highest BCUT2D eigenvalue weighted by Gasteiger charge is 2.51. The van der Waals surface area contributed by atoms with Gasteiger partial charge in [-0.3, -0.25) is 10.2 Å². The molecule has 2 bridgehead atoms. The molecule has 0 saturated carbocycles. The lowest BCUT2D eigenvalue weighted by molar-refractivity contribution is -0.0829. The predicted octanol–water partition coefficient (Wildman–Crippen LogP) is 2.55. The van der Waals surface area contributed by atoms with Gasteiger partial charge in [0, 0.05) is 24.1 Å². The zero-order valence-electron chi connectivity index (χ0n) is 14.4. The molecule has 6 rings (SSSR count). The van der Waals surface area contributed by atoms with Crippen LogP contribution < -0.4 is 5.32 Å². The molecular weight excluding hydrogens is 333 g/mol. The quantitative estimate of drug-likeness (QED) is 0.899. The van der Waals surface area contributed by atoms with Crippen LogP contribution in [0.1, 0.15) is 12.8 Å². The Balaban J connectivity index is 1.32. The highest BCUT2D eigenvalue weighted by atomic mass is 19.1. The van der Waals surface area contributed by atoms with E-state index in [-0.39, 0.29) is 11.4 Å². The number of hydrogen-bond donors (Lipinski definition) is 1. The van der Waals surface area contributed by atoms with Crippen molar-refractivity contribution in [1.29, 1.82) is 0 Å². The summed E-state index contributed by atoms with van der Waals surface area (Å²) < 4.78 is 19.7. The van der Waals surface area contributed by atoms with Crippen LogP contribution in [0, 0.1) is 11.7 Å². The number of benzene rings is 1. The Kier molecular flexibility index (Phi) is 3.63. The summed E-state index contributed by atoms with van der Waals surface area (Å²) in [4.78, 5) is 15.5. The van der Waals surface area contributed by atoms with Crippen LogP contribution >= 0.6 is 0 Å². The number of fused-ring (bicyclic) bond motifs is 2. The molecule has 134 valence electrons. The van der Waals surface area contributed by atoms with Crippen LogP contribution in [0.25, 0.3) is 11.3 Å². The SMILES string of the molecule is Fc1cccc(-c2cc(NC3=NCC4(CN5CCC4CC5)O3)ncn2)c1. The normalized spacial score (nSPS) is 29.5. The fourth-order valence-corrected chi connectivity index (χ4v) is 4.29. The van der Waals surface area contributed by atoms with Crippen molar-refractivity contribution in [2.75, 3.05) is 31.5 Å². The van der Waals surface area contributed by atoms with E-state index in [4.69, 9.17) is 4.74 Å². The van der Waals surface area contributed by atoms with Gasteiger partial charge in [-0.25, -0.2) is 19.4 Å². The third-order valence-electron chi connectivity index (χ3n) is 5.64. The zero-order chi connectivity index (χ0) is 17.6. The number of halogens is 1. The third-order valence-corrected chi connectivity index (χ3v) is 5.64. The second-order valence-corrected chi connectivity index (χ2v) is 7.26. The summed E-state index contributed by atoms with van der Waals surface area (Å²) in [6.45, 7) is 3.98. The number of nitrogens with zero attached hydrogens (tertiary/aromatic N) is 4. The van der Waals surface area contributed by atoms with E-state index in [0.717, 1.165) is 6.54 Å². The molecule has 4 aliphatic heterocycles. The molecule has 0 amide bonds. The van der Waals surface area contributed by atoms with Gasteiger partial charge in [0.1, 0.15) is 23.6 Å². The molecule has 5 heterocycles. The van der Waals surface area contributed by atoms with Gasteiger partial charge in [0.05, 0.1) is 12.2 Å². The summed E-state index contributed by atoms with van der Waals surface area (Å²) >= 11 is 0. The van der Waals surface area contributed by atoms with E-state index < -0.39 is 0 Å². The molecule has 7 heteroatoms. The second-order valence-electron chi connectivity index (χ2n) is 7.26. The Morgan fingerprint density at radius 2 is 2.08 bits per heavy atom. The van der Waals surface area contributed by atoms with Crippen LogP contribution in [0.3, 0.4) is 0 Å². The number of rotatable bonds is 2. The molecule has 1 aromatic heterocycles. The van der Waals surface area contributed by atoms with Gasteiger partial charge in [0.25, 0.3) is 6.02 Å². The van der Waals surface area contributed by atoms with Crippen LogP contribution in [-0.4, -0.2) is 52.7 Å². The summed E-state index contributed by atoms with van der Waals surface area (Å²) in [5, 5.41) is 3.16. The van der Waals surface area contributed by atoms with Gasteiger partial charge in [0.2, 0.25) is 0 Å². The van der Waals surface area contributed by atoms with Crippen LogP contribution in [0.5, 0.6) is 0 Å². The fraction of sp³-hybridized carbons (Fsp3) is 0.421. The third kappa shape index (κ3) is 2.72. The van der Waals surface area contributed by atoms with E-state index in [9.17, 15) is 4.39 Å². The average Bonchev–Trinajstić information content (AvgIpc) is 3.05. The number of piperidine rings is 3. The smallest absolute Gasteiger partial charge is 0.291 e. The number of hydrogen-bond acceptors (Lipinski definition) is 6. The number of amidine groups is 1. The van der Waals surface area contributed by atoms with E-state index in [2.05, 4.69) is 25.2 Å². The fourth-order valence-electron chi connectivity index (χ4n) is 4.29. The maximum absolute atomic E-state index is 13.5. The molecule has 0 aliphatic carbocycles. The number of aromatic nitrogens is 2. The first-order valence-corrected chi connectivity index (χ1v) is 9.01. The molecule has 26 heavy (non-hydrogen) atoms. The lowest BCUT2D eigenvalue weighted by Gasteiger charge is -2.50. The molecule has 3 saturated heterocycles. The summed E-state index contributed by atoms with van der Waals surface area (Å²) in [5.74, 6) is 0.878. The Hall–Kier alpha value is -2.54. The topological polar surface area (TPSA) is 62.6 Å². The van der Waals surface area contributed by atoms with Crippen molar-refractivity contribution in [2.45, 2.75) is 18.4 Å². The Morgan fingerprint density at radius 1 is 1.19 bits per heavy atom. The summed E-state index contributed by atoms with van der Waals surface area (Å²) in [7, 11) is 0. The number of aliphatic imine (C=N–C) groups is 1. The molecule has 1 unspecified atom stereocenters. The molecule has 6 nitrogen and oxygen atoms in total. The van der Waals surface area contributed by atoms with Crippen LogP contribution in [-0.2, 0) is 4.74 Å². The van der Waals surface area contributed by atoms with Gasteiger partial charge < -0.3 is 4.74 Å². The Labute approximate surface area is 151 Å². The van der Waals surface area contributed by atoms with Gasteiger partial charge in [0.15, 0.2) is 0 Å². The molecule has 3 fully saturated rings. The van der Waals surface area contributed by atoms with Gasteiger partial charge in [-0.1, -0.05) is 12.1 Å². The summed E-state index contributed by atoms with van der Waals surface area (Å²) in [5.41, 5.74) is 1.17. The highest BCUT2D eigenvalue weighted by molar-refractivity contribution is 5.90. The minimum atomic E-state index is -0.289. The molecule has 1 atom stereocenters. The standard InChI is InChI=1S/C19H20FN5O/c20-15-3-1-2-13(8-15)16-9-17(23-12-22-16)24-18-21-10-19(26-18)11-25-6-4-14(19)5-7-25/h1-3,8-9,12,14H,4-7,10-11H2,(H,21,22,23,24). The van der Waals surface area contributed by atoms with E-state index in [1.165, 1.54) is 44.4 Å². The molecule has 1 N–H and O–H groups in total. The van der Waals surface area contributed by atoms with Crippen LogP contribution in [0.15, 0.2) is 41.7 Å².